The summed E-state index contributed by atoms with van der Waals surface area (Å²) >= 11 is 0. The summed E-state index contributed by atoms with van der Waals surface area (Å²) in [5, 5.41) is 7.99. The zero-order valence-corrected chi connectivity index (χ0v) is 15.4. The number of aryl methyl sites for hydroxylation is 1. The number of para-hydroxylation sites is 1. The number of aromatic nitrogens is 2. The van der Waals surface area contributed by atoms with E-state index in [1.165, 1.54) is 6.07 Å². The Morgan fingerprint density at radius 1 is 1.00 bits per heavy atom. The molecular weight excluding hydrogens is 379 g/mol. The number of fused-ring (bicyclic) bond motifs is 3. The lowest BCUT2D eigenvalue weighted by Gasteiger charge is -2.27. The molecule has 0 spiro atoms. The van der Waals surface area contributed by atoms with Crippen LogP contribution in [0.1, 0.15) is 23.2 Å². The van der Waals surface area contributed by atoms with Gasteiger partial charge in [0.1, 0.15) is 11.5 Å². The van der Waals surface area contributed by atoms with Crippen LogP contribution in [0.4, 0.5) is 18.9 Å². The van der Waals surface area contributed by atoms with Crippen molar-refractivity contribution in [1.29, 1.82) is 0 Å². The topological polar surface area (TPSA) is 43.0 Å². The van der Waals surface area contributed by atoms with Gasteiger partial charge in [-0.3, -0.25) is 0 Å². The minimum Gasteiger partial charge on any atom is -0.457 e. The van der Waals surface area contributed by atoms with Gasteiger partial charge in [0, 0.05) is 16.8 Å². The van der Waals surface area contributed by atoms with Crippen molar-refractivity contribution < 1.29 is 17.6 Å². The molecule has 4 aromatic rings. The molecule has 4 nitrogen and oxygen atoms in total. The number of hydrogen-bond donors (Lipinski definition) is 1. The molecule has 146 valence electrons. The van der Waals surface area contributed by atoms with Crippen molar-refractivity contribution in [3.8, 4) is 22.6 Å². The molecule has 3 heterocycles. The number of alkyl halides is 3. The van der Waals surface area contributed by atoms with Crippen LogP contribution >= 0.6 is 0 Å². The fourth-order valence-corrected chi connectivity index (χ4v) is 3.65. The summed E-state index contributed by atoms with van der Waals surface area (Å²) in [4.78, 5) is 0. The number of furan rings is 1. The molecule has 0 radical (unpaired) electrons. The first-order valence-electron chi connectivity index (χ1n) is 9.09. The van der Waals surface area contributed by atoms with Crippen LogP contribution in [0.2, 0.25) is 0 Å². The van der Waals surface area contributed by atoms with Crippen LogP contribution in [0.5, 0.6) is 0 Å². The van der Waals surface area contributed by atoms with Crippen LogP contribution < -0.4 is 5.32 Å². The number of halogens is 3. The Bertz CT molecular complexity index is 1210. The third-order valence-corrected chi connectivity index (χ3v) is 4.97. The molecule has 0 saturated heterocycles. The molecule has 1 N–H and O–H groups in total. The van der Waals surface area contributed by atoms with Crippen molar-refractivity contribution in [2.24, 2.45) is 0 Å². The van der Waals surface area contributed by atoms with Gasteiger partial charge in [0.25, 0.3) is 0 Å². The molecule has 0 fully saturated rings. The van der Waals surface area contributed by atoms with Crippen LogP contribution in [-0.4, -0.2) is 9.78 Å². The summed E-state index contributed by atoms with van der Waals surface area (Å²) in [7, 11) is 0. The van der Waals surface area contributed by atoms with Crippen LogP contribution in [0.15, 0.2) is 71.1 Å². The maximum absolute atomic E-state index is 13.0. The molecular formula is C22H16F3N3O. The monoisotopic (exact) mass is 395 g/mol. The highest BCUT2D eigenvalue weighted by atomic mass is 19.4. The maximum atomic E-state index is 13.0. The standard InChI is InChI=1S/C22H16F3N3O/c1-13-11-18-16-7-2-3-8-17(16)26-21(28(18)27-13)20-10-9-19(29-20)14-5-4-6-15(12-14)22(23,24)25/h2-12,21,26H,1H3/t21-/m0/s1. The number of rotatable bonds is 2. The lowest BCUT2D eigenvalue weighted by molar-refractivity contribution is -0.137. The van der Waals surface area contributed by atoms with Gasteiger partial charge in [-0.15, -0.1) is 0 Å². The van der Waals surface area contributed by atoms with Crippen molar-refractivity contribution in [2.75, 3.05) is 5.32 Å². The zero-order chi connectivity index (χ0) is 20.2. The average Bonchev–Trinajstić information content (AvgIpc) is 3.33. The summed E-state index contributed by atoms with van der Waals surface area (Å²) < 4.78 is 46.9. The van der Waals surface area contributed by atoms with Crippen LogP contribution in [0, 0.1) is 6.92 Å². The normalized spacial score (nSPS) is 15.5. The Hall–Kier alpha value is -3.48. The summed E-state index contributed by atoms with van der Waals surface area (Å²) in [6.07, 6.45) is -4.80. The molecule has 5 rings (SSSR count). The summed E-state index contributed by atoms with van der Waals surface area (Å²) in [5.74, 6) is 0.938. The second-order valence-corrected chi connectivity index (χ2v) is 6.99. The van der Waals surface area contributed by atoms with Gasteiger partial charge in [-0.05, 0) is 43.3 Å². The molecule has 2 aromatic carbocycles. The van der Waals surface area contributed by atoms with E-state index in [2.05, 4.69) is 10.4 Å². The van der Waals surface area contributed by atoms with Gasteiger partial charge in [0.15, 0.2) is 6.17 Å². The van der Waals surface area contributed by atoms with Crippen molar-refractivity contribution in [1.82, 2.24) is 9.78 Å². The first-order chi connectivity index (χ1) is 13.9. The summed E-state index contributed by atoms with van der Waals surface area (Å²) in [6.45, 7) is 1.92. The van der Waals surface area contributed by atoms with Crippen LogP contribution in [-0.2, 0) is 6.18 Å². The molecule has 0 saturated carbocycles. The van der Waals surface area contributed by atoms with Gasteiger partial charge < -0.3 is 9.73 Å². The molecule has 29 heavy (non-hydrogen) atoms. The van der Waals surface area contributed by atoms with Crippen LogP contribution in [0.3, 0.4) is 0 Å². The molecule has 0 amide bonds. The fourth-order valence-electron chi connectivity index (χ4n) is 3.65. The van der Waals surface area contributed by atoms with E-state index < -0.39 is 17.9 Å². The predicted molar refractivity (Wildman–Crippen MR) is 103 cm³/mol. The van der Waals surface area contributed by atoms with E-state index in [1.807, 2.05) is 41.9 Å². The van der Waals surface area contributed by atoms with Crippen molar-refractivity contribution in [2.45, 2.75) is 19.3 Å². The zero-order valence-electron chi connectivity index (χ0n) is 15.4. The van der Waals surface area contributed by atoms with Gasteiger partial charge in [-0.2, -0.15) is 18.3 Å². The molecule has 1 aliphatic rings. The van der Waals surface area contributed by atoms with Gasteiger partial charge in [-0.1, -0.05) is 30.3 Å². The highest BCUT2D eigenvalue weighted by molar-refractivity contribution is 5.78. The predicted octanol–water partition coefficient (Wildman–Crippen LogP) is 6.11. The van der Waals surface area contributed by atoms with Gasteiger partial charge in [0.05, 0.1) is 17.0 Å². The number of anilines is 1. The Morgan fingerprint density at radius 2 is 1.83 bits per heavy atom. The van der Waals surface area contributed by atoms with Crippen molar-refractivity contribution in [3.63, 3.8) is 0 Å². The quantitative estimate of drug-likeness (QED) is 0.445. The van der Waals surface area contributed by atoms with Crippen molar-refractivity contribution in [3.05, 3.63) is 83.7 Å². The van der Waals surface area contributed by atoms with E-state index in [-0.39, 0.29) is 0 Å². The van der Waals surface area contributed by atoms with Gasteiger partial charge in [-0.25, -0.2) is 4.68 Å². The van der Waals surface area contributed by atoms with E-state index >= 15 is 0 Å². The maximum Gasteiger partial charge on any atom is 0.416 e. The van der Waals surface area contributed by atoms with E-state index in [9.17, 15) is 13.2 Å². The molecule has 0 aliphatic carbocycles. The van der Waals surface area contributed by atoms with E-state index in [4.69, 9.17) is 4.42 Å². The summed E-state index contributed by atoms with van der Waals surface area (Å²) in [5.41, 5.74) is 3.48. The first-order valence-corrected chi connectivity index (χ1v) is 9.09. The summed E-state index contributed by atoms with van der Waals surface area (Å²) in [6, 6.07) is 18.5. The Kier molecular flexibility index (Phi) is 3.81. The minimum atomic E-state index is -4.40. The van der Waals surface area contributed by atoms with Gasteiger partial charge >= 0.3 is 6.18 Å². The SMILES string of the molecule is Cc1cc2n(n1)[C@@H](c1ccc(-c3cccc(C(F)(F)F)c3)o1)Nc1ccccc1-2. The largest absolute Gasteiger partial charge is 0.457 e. The second kappa shape index (κ2) is 6.27. The second-order valence-electron chi connectivity index (χ2n) is 6.99. The molecule has 0 unspecified atom stereocenters. The van der Waals surface area contributed by atoms with E-state index in [1.54, 1.807) is 18.2 Å². The molecule has 0 bridgehead atoms. The minimum absolute atomic E-state index is 0.372. The smallest absolute Gasteiger partial charge is 0.416 e. The van der Waals surface area contributed by atoms with Crippen LogP contribution in [0.25, 0.3) is 22.6 Å². The Labute approximate surface area is 164 Å². The lowest BCUT2D eigenvalue weighted by Crippen LogP contribution is -2.25. The highest BCUT2D eigenvalue weighted by Gasteiger charge is 2.31. The average molecular weight is 395 g/mol. The van der Waals surface area contributed by atoms with Crippen molar-refractivity contribution >= 4 is 5.69 Å². The lowest BCUT2D eigenvalue weighted by atomic mass is 10.1. The first kappa shape index (κ1) is 17.6. The third-order valence-electron chi connectivity index (χ3n) is 4.97. The fraction of sp³-hybridized carbons (Fsp3) is 0.136. The Balaban J connectivity index is 1.55. The number of hydrogen-bond acceptors (Lipinski definition) is 3. The third kappa shape index (κ3) is 2.99. The van der Waals surface area contributed by atoms with E-state index in [0.717, 1.165) is 34.8 Å². The molecule has 7 heteroatoms. The number of nitrogens with zero attached hydrogens (tertiary/aromatic N) is 2. The molecule has 2 aromatic heterocycles. The van der Waals surface area contributed by atoms with E-state index in [0.29, 0.717) is 17.1 Å². The number of nitrogens with one attached hydrogen (secondary N) is 1. The Morgan fingerprint density at radius 3 is 2.66 bits per heavy atom. The van der Waals surface area contributed by atoms with Gasteiger partial charge in [0.2, 0.25) is 0 Å². The number of benzene rings is 2. The molecule has 1 atom stereocenters. The molecule has 1 aliphatic heterocycles. The highest BCUT2D eigenvalue weighted by Crippen LogP contribution is 2.40.